The molecule has 1 fully saturated rings. The number of carbonyl (C=O) groups excluding carboxylic acids is 2. The summed E-state index contributed by atoms with van der Waals surface area (Å²) in [7, 11) is 3.13. The van der Waals surface area contributed by atoms with Crippen LogP contribution in [0.5, 0.6) is 0 Å². The van der Waals surface area contributed by atoms with Crippen molar-refractivity contribution in [3.8, 4) is 0 Å². The summed E-state index contributed by atoms with van der Waals surface area (Å²) in [5.41, 5.74) is 0.966. The third-order valence-electron chi connectivity index (χ3n) is 5.32. The molecule has 7 heteroatoms. The lowest BCUT2D eigenvalue weighted by atomic mass is 9.99. The number of piperidine rings is 1. The normalized spacial score (nSPS) is 20.7. The number of ether oxygens (including phenoxy) is 3. The molecule has 3 atom stereocenters. The highest BCUT2D eigenvalue weighted by Crippen LogP contribution is 2.21. The van der Waals surface area contributed by atoms with E-state index in [-0.39, 0.29) is 24.8 Å². The van der Waals surface area contributed by atoms with Crippen LogP contribution in [0.4, 0.5) is 4.79 Å². The number of hydrogen-bond donors (Lipinski definition) is 1. The molecule has 2 unspecified atom stereocenters. The first-order chi connectivity index (χ1) is 14.0. The maximum atomic E-state index is 12.1. The molecule has 1 amide bonds. The van der Waals surface area contributed by atoms with Crippen LogP contribution in [0.25, 0.3) is 0 Å². The summed E-state index contributed by atoms with van der Waals surface area (Å²) < 4.78 is 15.7. The lowest BCUT2D eigenvalue weighted by Crippen LogP contribution is -2.51. The topological polar surface area (TPSA) is 77.1 Å². The first-order valence-electron chi connectivity index (χ1n) is 10.3. The molecule has 1 heterocycles. The third-order valence-corrected chi connectivity index (χ3v) is 5.32. The van der Waals surface area contributed by atoms with Gasteiger partial charge in [0.15, 0.2) is 0 Å². The van der Waals surface area contributed by atoms with Crippen LogP contribution >= 0.6 is 0 Å². The number of esters is 1. The first-order valence-corrected chi connectivity index (χ1v) is 10.3. The van der Waals surface area contributed by atoms with E-state index in [4.69, 9.17) is 9.47 Å². The number of amides is 1. The predicted molar refractivity (Wildman–Crippen MR) is 110 cm³/mol. The van der Waals surface area contributed by atoms with Gasteiger partial charge in [-0.2, -0.15) is 0 Å². The zero-order valence-corrected chi connectivity index (χ0v) is 17.8. The number of likely N-dealkylation sites (tertiary alicyclic amines) is 1. The molecule has 0 aromatic heterocycles. The summed E-state index contributed by atoms with van der Waals surface area (Å²) in [4.78, 5) is 25.7. The van der Waals surface area contributed by atoms with Gasteiger partial charge in [-0.05, 0) is 30.7 Å². The molecule has 1 aliphatic rings. The van der Waals surface area contributed by atoms with E-state index in [0.717, 1.165) is 44.3 Å². The van der Waals surface area contributed by atoms with E-state index in [1.165, 1.54) is 7.11 Å². The molecule has 7 nitrogen and oxygen atoms in total. The molecule has 0 radical (unpaired) electrons. The van der Waals surface area contributed by atoms with Crippen molar-refractivity contribution in [1.82, 2.24) is 10.2 Å². The molecule has 1 aliphatic heterocycles. The maximum Gasteiger partial charge on any atom is 0.407 e. The second kappa shape index (κ2) is 12.4. The van der Waals surface area contributed by atoms with Crippen LogP contribution in [0.3, 0.4) is 0 Å². The van der Waals surface area contributed by atoms with Crippen LogP contribution in [0.1, 0.15) is 44.6 Å². The third kappa shape index (κ3) is 8.41. The standard InChI is InChI=1S/C22H34N2O5/c1-17(8-7-11-21(25)28-3)15-24-13-12-19(14-20(24)27-2)23-22(26)29-16-18-9-5-4-6-10-18/h4-6,9-10,17,19-20H,7-8,11-16H2,1-3H3,(H,23,26)/t17?,19-,20?/m1/s1. The zero-order chi connectivity index (χ0) is 21.1. The predicted octanol–water partition coefficient (Wildman–Crippen LogP) is 3.33. The second-order valence-corrected chi connectivity index (χ2v) is 7.69. The van der Waals surface area contributed by atoms with Gasteiger partial charge in [-0.1, -0.05) is 37.3 Å². The second-order valence-electron chi connectivity index (χ2n) is 7.69. The largest absolute Gasteiger partial charge is 0.469 e. The van der Waals surface area contributed by atoms with Crippen molar-refractivity contribution in [2.75, 3.05) is 27.3 Å². The van der Waals surface area contributed by atoms with Crippen LogP contribution in [0.15, 0.2) is 30.3 Å². The number of nitrogens with zero attached hydrogens (tertiary/aromatic N) is 1. The Labute approximate surface area is 173 Å². The fourth-order valence-corrected chi connectivity index (χ4v) is 3.68. The number of hydrogen-bond acceptors (Lipinski definition) is 6. The van der Waals surface area contributed by atoms with Crippen molar-refractivity contribution >= 4 is 12.1 Å². The van der Waals surface area contributed by atoms with E-state index in [9.17, 15) is 9.59 Å². The number of methoxy groups -OCH3 is 2. The maximum absolute atomic E-state index is 12.1. The summed E-state index contributed by atoms with van der Waals surface area (Å²) in [5.74, 6) is 0.302. The van der Waals surface area contributed by atoms with Gasteiger partial charge in [0.05, 0.1) is 7.11 Å². The van der Waals surface area contributed by atoms with Gasteiger partial charge >= 0.3 is 12.1 Å². The van der Waals surface area contributed by atoms with Gasteiger partial charge in [0.25, 0.3) is 0 Å². The molecule has 0 saturated carbocycles. The van der Waals surface area contributed by atoms with Gasteiger partial charge in [-0.25, -0.2) is 4.79 Å². The molecule has 0 aliphatic carbocycles. The first kappa shape index (κ1) is 23.2. The highest BCUT2D eigenvalue weighted by molar-refractivity contribution is 5.69. The Bertz CT molecular complexity index is 625. The van der Waals surface area contributed by atoms with E-state index in [2.05, 4.69) is 21.9 Å². The Morgan fingerprint density at radius 2 is 2.00 bits per heavy atom. The summed E-state index contributed by atoms with van der Waals surface area (Å²) in [5, 5.41) is 2.96. The zero-order valence-electron chi connectivity index (χ0n) is 17.8. The van der Waals surface area contributed by atoms with Gasteiger partial charge in [0, 0.05) is 39.1 Å². The number of nitrogens with one attached hydrogen (secondary N) is 1. The van der Waals surface area contributed by atoms with Crippen molar-refractivity contribution in [3.63, 3.8) is 0 Å². The quantitative estimate of drug-likeness (QED) is 0.601. The molecule has 2 rings (SSSR count). The van der Waals surface area contributed by atoms with Crippen molar-refractivity contribution in [1.29, 1.82) is 0 Å². The Balaban J connectivity index is 1.71. The van der Waals surface area contributed by atoms with Gasteiger partial charge in [-0.3, -0.25) is 9.69 Å². The molecule has 1 saturated heterocycles. The average molecular weight is 407 g/mol. The van der Waals surface area contributed by atoms with Crippen LogP contribution in [-0.4, -0.2) is 56.5 Å². The summed E-state index contributed by atoms with van der Waals surface area (Å²) >= 11 is 0. The minimum absolute atomic E-state index is 0.0359. The summed E-state index contributed by atoms with van der Waals surface area (Å²) in [6, 6.07) is 9.67. The Hall–Kier alpha value is -2.12. The number of carbonyl (C=O) groups is 2. The Kier molecular flexibility index (Phi) is 9.94. The molecular weight excluding hydrogens is 372 g/mol. The van der Waals surface area contributed by atoms with Gasteiger partial charge < -0.3 is 19.5 Å². The molecule has 0 bridgehead atoms. The Morgan fingerprint density at radius 3 is 2.69 bits per heavy atom. The van der Waals surface area contributed by atoms with Gasteiger partial charge in [0.2, 0.25) is 0 Å². The van der Waals surface area contributed by atoms with E-state index in [0.29, 0.717) is 12.3 Å². The average Bonchev–Trinajstić information content (AvgIpc) is 2.73. The summed E-state index contributed by atoms with van der Waals surface area (Å²) in [6.45, 7) is 4.21. The van der Waals surface area contributed by atoms with Crippen LogP contribution in [-0.2, 0) is 25.6 Å². The van der Waals surface area contributed by atoms with E-state index < -0.39 is 6.09 Å². The molecule has 0 spiro atoms. The molecular formula is C22H34N2O5. The molecule has 29 heavy (non-hydrogen) atoms. The van der Waals surface area contributed by atoms with Crippen LogP contribution in [0, 0.1) is 5.92 Å². The van der Waals surface area contributed by atoms with E-state index in [1.807, 2.05) is 30.3 Å². The minimum atomic E-state index is -0.390. The number of rotatable bonds is 10. The van der Waals surface area contributed by atoms with Gasteiger partial charge in [-0.15, -0.1) is 0 Å². The van der Waals surface area contributed by atoms with Crippen LogP contribution < -0.4 is 5.32 Å². The van der Waals surface area contributed by atoms with E-state index in [1.54, 1.807) is 7.11 Å². The van der Waals surface area contributed by atoms with E-state index >= 15 is 0 Å². The number of alkyl carbamates (subject to hydrolysis) is 1. The van der Waals surface area contributed by atoms with Crippen molar-refractivity contribution < 1.29 is 23.8 Å². The lowest BCUT2D eigenvalue weighted by molar-refractivity contribution is -0.140. The minimum Gasteiger partial charge on any atom is -0.469 e. The monoisotopic (exact) mass is 406 g/mol. The fraction of sp³-hybridized carbons (Fsp3) is 0.636. The highest BCUT2D eigenvalue weighted by atomic mass is 16.5. The number of benzene rings is 1. The molecule has 1 aromatic carbocycles. The van der Waals surface area contributed by atoms with Crippen molar-refractivity contribution in [3.05, 3.63) is 35.9 Å². The Morgan fingerprint density at radius 1 is 1.24 bits per heavy atom. The molecule has 162 valence electrons. The molecule has 1 aromatic rings. The van der Waals surface area contributed by atoms with Gasteiger partial charge in [0.1, 0.15) is 12.8 Å². The van der Waals surface area contributed by atoms with Crippen molar-refractivity contribution in [2.45, 2.75) is 57.9 Å². The summed E-state index contributed by atoms with van der Waals surface area (Å²) in [6.07, 6.45) is 3.42. The smallest absolute Gasteiger partial charge is 0.407 e. The molecule has 1 N–H and O–H groups in total. The van der Waals surface area contributed by atoms with Crippen LogP contribution in [0.2, 0.25) is 0 Å². The fourth-order valence-electron chi connectivity index (χ4n) is 3.68. The highest BCUT2D eigenvalue weighted by Gasteiger charge is 2.30. The van der Waals surface area contributed by atoms with Crippen molar-refractivity contribution in [2.24, 2.45) is 5.92 Å². The lowest BCUT2D eigenvalue weighted by Gasteiger charge is -2.39. The SMILES string of the molecule is COC(=O)CCCC(C)CN1CC[C@@H](NC(=O)OCc2ccccc2)CC1OC.